The molecule has 2 aromatic carbocycles. The average molecular weight is 446 g/mol. The zero-order valence-corrected chi connectivity index (χ0v) is 17.6. The van der Waals surface area contributed by atoms with E-state index in [1.807, 2.05) is 35.7 Å². The third-order valence-corrected chi connectivity index (χ3v) is 7.81. The summed E-state index contributed by atoms with van der Waals surface area (Å²) in [5.74, 6) is -0.866. The summed E-state index contributed by atoms with van der Waals surface area (Å²) >= 11 is 1.49. The van der Waals surface area contributed by atoms with E-state index in [1.165, 1.54) is 27.8 Å². The Kier molecular flexibility index (Phi) is 5.94. The smallest absolute Gasteiger partial charge is 0.243 e. The lowest BCUT2D eigenvalue weighted by Crippen LogP contribution is -2.45. The van der Waals surface area contributed by atoms with E-state index in [2.05, 4.69) is 10.3 Å². The van der Waals surface area contributed by atoms with E-state index in [9.17, 15) is 17.6 Å². The van der Waals surface area contributed by atoms with Crippen LogP contribution in [-0.2, 0) is 21.4 Å². The van der Waals surface area contributed by atoms with Crippen molar-refractivity contribution < 1.29 is 17.6 Å². The lowest BCUT2D eigenvalue weighted by molar-refractivity contribution is -0.124. The normalized spacial score (nSPS) is 17.2. The second kappa shape index (κ2) is 8.63. The maximum atomic E-state index is 13.2. The summed E-state index contributed by atoms with van der Waals surface area (Å²) in [4.78, 5) is 17.3. The number of nitrogens with one attached hydrogen (secondary N) is 1. The molecule has 0 radical (unpaired) electrons. The van der Waals surface area contributed by atoms with Crippen LogP contribution in [0.3, 0.4) is 0 Å². The molecule has 1 atom stereocenters. The van der Waals surface area contributed by atoms with Crippen LogP contribution in [0.4, 0.5) is 4.39 Å². The fraction of sp³-hybridized carbons (Fsp3) is 0.238. The monoisotopic (exact) mass is 445 g/mol. The molecule has 6 nitrogen and oxygen atoms in total. The number of carbonyl (C=O) groups excluding carboxylic acids is 1. The number of sulfonamides is 1. The van der Waals surface area contributed by atoms with Crippen LogP contribution in [0.2, 0.25) is 0 Å². The molecule has 1 aliphatic heterocycles. The van der Waals surface area contributed by atoms with Gasteiger partial charge >= 0.3 is 0 Å². The van der Waals surface area contributed by atoms with Crippen molar-refractivity contribution in [3.63, 3.8) is 0 Å². The molecule has 3 aromatic rings. The molecule has 156 valence electrons. The van der Waals surface area contributed by atoms with Crippen LogP contribution in [0.15, 0.2) is 64.9 Å². The molecule has 30 heavy (non-hydrogen) atoms. The van der Waals surface area contributed by atoms with E-state index in [1.54, 1.807) is 0 Å². The predicted octanol–water partition coefficient (Wildman–Crippen LogP) is 3.42. The molecule has 1 unspecified atom stereocenters. The van der Waals surface area contributed by atoms with Gasteiger partial charge in [-0.15, -0.1) is 11.3 Å². The average Bonchev–Trinajstić information content (AvgIpc) is 3.43. The summed E-state index contributed by atoms with van der Waals surface area (Å²) in [5, 5.41) is 5.55. The van der Waals surface area contributed by atoms with Crippen LogP contribution in [0, 0.1) is 5.82 Å². The first-order valence-electron chi connectivity index (χ1n) is 9.50. The summed E-state index contributed by atoms with van der Waals surface area (Å²) in [7, 11) is -3.87. The number of hydrogen-bond acceptors (Lipinski definition) is 5. The number of hydrogen-bond donors (Lipinski definition) is 1. The summed E-state index contributed by atoms with van der Waals surface area (Å²) in [5.41, 5.74) is 1.73. The van der Waals surface area contributed by atoms with Gasteiger partial charge in [0.05, 0.1) is 17.1 Å². The number of halogens is 1. The van der Waals surface area contributed by atoms with Crippen LogP contribution >= 0.6 is 11.3 Å². The van der Waals surface area contributed by atoms with Crippen LogP contribution < -0.4 is 5.32 Å². The lowest BCUT2D eigenvalue weighted by Gasteiger charge is -2.23. The van der Waals surface area contributed by atoms with Crippen molar-refractivity contribution in [3.05, 3.63) is 71.5 Å². The molecule has 4 rings (SSSR count). The third-order valence-electron chi connectivity index (χ3n) is 4.94. The van der Waals surface area contributed by atoms with E-state index in [0.29, 0.717) is 12.8 Å². The molecule has 9 heteroatoms. The number of carbonyl (C=O) groups is 1. The second-order valence-electron chi connectivity index (χ2n) is 6.96. The SMILES string of the molecule is O=C(NCc1csc(-c2ccccc2)n1)C1CCCN1S(=O)(=O)c1ccc(F)cc1. The summed E-state index contributed by atoms with van der Waals surface area (Å²) in [6.07, 6.45) is 1.03. The Morgan fingerprint density at radius 3 is 2.63 bits per heavy atom. The van der Waals surface area contributed by atoms with Gasteiger partial charge in [-0.3, -0.25) is 4.79 Å². The summed E-state index contributed by atoms with van der Waals surface area (Å²) in [6, 6.07) is 13.6. The van der Waals surface area contributed by atoms with Gasteiger partial charge in [0.2, 0.25) is 15.9 Å². The Hall–Kier alpha value is -2.62. The number of rotatable bonds is 6. The molecule has 0 saturated carbocycles. The molecule has 1 aromatic heterocycles. The van der Waals surface area contributed by atoms with Crippen molar-refractivity contribution in [2.24, 2.45) is 0 Å². The van der Waals surface area contributed by atoms with Crippen molar-refractivity contribution in [1.29, 1.82) is 0 Å². The zero-order chi connectivity index (χ0) is 21.1. The van der Waals surface area contributed by atoms with Crippen molar-refractivity contribution in [3.8, 4) is 10.6 Å². The molecule has 1 N–H and O–H groups in total. The highest BCUT2D eigenvalue weighted by Crippen LogP contribution is 2.27. The maximum absolute atomic E-state index is 13.2. The van der Waals surface area contributed by atoms with Crippen LogP contribution in [0.5, 0.6) is 0 Å². The first-order chi connectivity index (χ1) is 14.4. The quantitative estimate of drug-likeness (QED) is 0.631. The molecule has 0 bridgehead atoms. The zero-order valence-electron chi connectivity index (χ0n) is 16.0. The number of nitrogens with zero attached hydrogens (tertiary/aromatic N) is 2. The van der Waals surface area contributed by atoms with Gasteiger partial charge in [0.25, 0.3) is 0 Å². The molecular weight excluding hydrogens is 425 g/mol. The summed E-state index contributed by atoms with van der Waals surface area (Å²) < 4.78 is 40.2. The second-order valence-corrected chi connectivity index (χ2v) is 9.70. The lowest BCUT2D eigenvalue weighted by atomic mass is 10.2. The predicted molar refractivity (Wildman–Crippen MR) is 113 cm³/mol. The van der Waals surface area contributed by atoms with Crippen molar-refractivity contribution in [2.75, 3.05) is 6.54 Å². The number of thiazole rings is 1. The van der Waals surface area contributed by atoms with E-state index in [-0.39, 0.29) is 23.9 Å². The Bertz CT molecular complexity index is 1130. The fourth-order valence-electron chi connectivity index (χ4n) is 3.43. The number of amides is 1. The number of aromatic nitrogens is 1. The van der Waals surface area contributed by atoms with Gasteiger partial charge in [0.15, 0.2) is 0 Å². The summed E-state index contributed by atoms with van der Waals surface area (Å²) in [6.45, 7) is 0.482. The van der Waals surface area contributed by atoms with Crippen LogP contribution in [-0.4, -0.2) is 36.2 Å². The Morgan fingerprint density at radius 1 is 1.17 bits per heavy atom. The van der Waals surface area contributed by atoms with Crippen LogP contribution in [0.1, 0.15) is 18.5 Å². The van der Waals surface area contributed by atoms with E-state index in [0.717, 1.165) is 28.4 Å². The topological polar surface area (TPSA) is 79.4 Å². The largest absolute Gasteiger partial charge is 0.349 e. The number of benzene rings is 2. The Balaban J connectivity index is 1.43. The maximum Gasteiger partial charge on any atom is 0.243 e. The van der Waals surface area contributed by atoms with E-state index >= 15 is 0 Å². The van der Waals surface area contributed by atoms with Gasteiger partial charge in [0.1, 0.15) is 16.9 Å². The van der Waals surface area contributed by atoms with E-state index < -0.39 is 21.9 Å². The van der Waals surface area contributed by atoms with Gasteiger partial charge in [0, 0.05) is 17.5 Å². The van der Waals surface area contributed by atoms with Gasteiger partial charge in [-0.2, -0.15) is 4.31 Å². The molecule has 1 fully saturated rings. The molecule has 2 heterocycles. The minimum Gasteiger partial charge on any atom is -0.349 e. The molecule has 0 aliphatic carbocycles. The van der Waals surface area contributed by atoms with E-state index in [4.69, 9.17) is 0 Å². The third kappa shape index (κ3) is 4.28. The minimum absolute atomic E-state index is 0.0180. The molecule has 1 saturated heterocycles. The Labute approximate surface area is 178 Å². The highest BCUT2D eigenvalue weighted by Gasteiger charge is 2.39. The first kappa shape index (κ1) is 20.6. The molecular formula is C21H20FN3O3S2. The van der Waals surface area contributed by atoms with Gasteiger partial charge in [-0.1, -0.05) is 30.3 Å². The Morgan fingerprint density at radius 2 is 1.90 bits per heavy atom. The molecule has 1 aliphatic rings. The van der Waals surface area contributed by atoms with Gasteiger partial charge in [-0.05, 0) is 37.1 Å². The fourth-order valence-corrected chi connectivity index (χ4v) is 5.91. The highest BCUT2D eigenvalue weighted by atomic mass is 32.2. The van der Waals surface area contributed by atoms with Crippen LogP contribution in [0.25, 0.3) is 10.6 Å². The standard InChI is InChI=1S/C21H20FN3O3S2/c22-16-8-10-18(11-9-16)30(27,28)25-12-4-7-19(25)20(26)23-13-17-14-29-21(24-17)15-5-2-1-3-6-15/h1-3,5-6,8-11,14,19H,4,7,12-13H2,(H,23,26). The highest BCUT2D eigenvalue weighted by molar-refractivity contribution is 7.89. The first-order valence-corrected chi connectivity index (χ1v) is 11.8. The minimum atomic E-state index is -3.87. The van der Waals surface area contributed by atoms with Crippen molar-refractivity contribution in [1.82, 2.24) is 14.6 Å². The van der Waals surface area contributed by atoms with Gasteiger partial charge < -0.3 is 5.32 Å². The molecule has 1 amide bonds. The van der Waals surface area contributed by atoms with Crippen molar-refractivity contribution in [2.45, 2.75) is 30.3 Å². The van der Waals surface area contributed by atoms with Gasteiger partial charge in [-0.25, -0.2) is 17.8 Å². The molecule has 0 spiro atoms. The van der Waals surface area contributed by atoms with Crippen molar-refractivity contribution >= 4 is 27.3 Å².